The summed E-state index contributed by atoms with van der Waals surface area (Å²) in [6, 6.07) is 24.6. The lowest BCUT2D eigenvalue weighted by molar-refractivity contribution is 0.462. The van der Waals surface area contributed by atoms with Gasteiger partial charge in [-0.25, -0.2) is 0 Å². The maximum absolute atomic E-state index is 4.40. The number of hydrogen-bond acceptors (Lipinski definition) is 0. The molecule has 1 aliphatic carbocycles. The van der Waals surface area contributed by atoms with Gasteiger partial charge in [-0.05, 0) is 101 Å². The summed E-state index contributed by atoms with van der Waals surface area (Å²) < 4.78 is 0. The Balaban J connectivity index is 1.77. The van der Waals surface area contributed by atoms with E-state index in [-0.39, 0.29) is 5.41 Å². The van der Waals surface area contributed by atoms with Crippen LogP contribution in [0.15, 0.2) is 97.6 Å². The molecule has 0 nitrogen and oxygen atoms in total. The average Bonchev–Trinajstić information content (AvgIpc) is 2.91. The van der Waals surface area contributed by atoms with Crippen LogP contribution >= 0.6 is 0 Å². The number of benzene rings is 3. The van der Waals surface area contributed by atoms with E-state index >= 15 is 0 Å². The van der Waals surface area contributed by atoms with Crippen LogP contribution in [0, 0.1) is 0 Å². The molecule has 4 rings (SSSR count). The van der Waals surface area contributed by atoms with E-state index < -0.39 is 0 Å². The van der Waals surface area contributed by atoms with E-state index in [4.69, 9.17) is 0 Å². The minimum Gasteiger partial charge on any atom is -0.0912 e. The first-order valence-electron chi connectivity index (χ1n) is 13.4. The molecule has 0 radical (unpaired) electrons. The quantitative estimate of drug-likeness (QED) is 0.286. The van der Waals surface area contributed by atoms with Gasteiger partial charge in [-0.2, -0.15) is 0 Å². The van der Waals surface area contributed by atoms with Crippen LogP contribution in [0.3, 0.4) is 0 Å². The molecule has 0 spiro atoms. The van der Waals surface area contributed by atoms with Crippen molar-refractivity contribution in [1.82, 2.24) is 0 Å². The maximum atomic E-state index is 4.40. The largest absolute Gasteiger partial charge is 0.0912 e. The van der Waals surface area contributed by atoms with Crippen molar-refractivity contribution in [2.75, 3.05) is 0 Å². The first-order valence-corrected chi connectivity index (χ1v) is 13.4. The van der Waals surface area contributed by atoms with Crippen molar-refractivity contribution in [1.29, 1.82) is 0 Å². The van der Waals surface area contributed by atoms with Crippen molar-refractivity contribution >= 4 is 16.7 Å². The fourth-order valence-corrected chi connectivity index (χ4v) is 5.72. The number of fused-ring (bicyclic) bond motifs is 2. The molecular formula is C36H40. The number of hydrogen-bond donors (Lipinski definition) is 0. The molecule has 0 aromatic heterocycles. The summed E-state index contributed by atoms with van der Waals surface area (Å²) in [5, 5.41) is 0. The molecule has 0 bridgehead atoms. The molecule has 0 heteroatoms. The molecule has 0 saturated heterocycles. The zero-order chi connectivity index (χ0) is 25.9. The van der Waals surface area contributed by atoms with Crippen LogP contribution in [-0.4, -0.2) is 0 Å². The van der Waals surface area contributed by atoms with E-state index in [2.05, 4.69) is 121 Å². The normalized spacial score (nSPS) is 14.7. The zero-order valence-electron chi connectivity index (χ0n) is 22.7. The van der Waals surface area contributed by atoms with E-state index in [1.807, 2.05) is 6.07 Å². The molecule has 0 amide bonds. The Morgan fingerprint density at radius 1 is 0.722 bits per heavy atom. The SMILES string of the molecule is C=C(/C=C(\C)c1ccc2c(c1)C(CC)(CC)c1cc(C(=C)/C=C(\C)CC)ccc1C2)c1ccccc1. The van der Waals surface area contributed by atoms with E-state index in [1.165, 1.54) is 50.1 Å². The highest BCUT2D eigenvalue weighted by Gasteiger charge is 2.38. The highest BCUT2D eigenvalue weighted by molar-refractivity contribution is 5.82. The van der Waals surface area contributed by atoms with Gasteiger partial charge in [-0.15, -0.1) is 0 Å². The molecule has 3 aromatic carbocycles. The monoisotopic (exact) mass is 472 g/mol. The Bertz CT molecular complexity index is 1340. The smallest absolute Gasteiger partial charge is 0.0203 e. The molecule has 0 N–H and O–H groups in total. The fraction of sp³-hybridized carbons (Fsp3) is 0.278. The van der Waals surface area contributed by atoms with Crippen molar-refractivity contribution in [3.05, 3.63) is 137 Å². The van der Waals surface area contributed by atoms with Crippen LogP contribution in [0.5, 0.6) is 0 Å². The third-order valence-corrected chi connectivity index (χ3v) is 8.18. The molecule has 1 aliphatic rings. The lowest BCUT2D eigenvalue weighted by Crippen LogP contribution is -2.32. The first-order chi connectivity index (χ1) is 17.3. The number of allylic oxidation sites excluding steroid dienone is 6. The predicted molar refractivity (Wildman–Crippen MR) is 159 cm³/mol. The summed E-state index contributed by atoms with van der Waals surface area (Å²) in [6.07, 6.45) is 8.65. The summed E-state index contributed by atoms with van der Waals surface area (Å²) in [4.78, 5) is 0. The van der Waals surface area contributed by atoms with Crippen molar-refractivity contribution in [2.24, 2.45) is 0 Å². The van der Waals surface area contributed by atoms with Gasteiger partial charge in [-0.3, -0.25) is 0 Å². The highest BCUT2D eigenvalue weighted by Crippen LogP contribution is 2.47. The summed E-state index contributed by atoms with van der Waals surface area (Å²) in [6.45, 7) is 20.0. The van der Waals surface area contributed by atoms with E-state index in [9.17, 15) is 0 Å². The van der Waals surface area contributed by atoms with Crippen molar-refractivity contribution in [3.8, 4) is 0 Å². The second-order valence-electron chi connectivity index (χ2n) is 10.3. The summed E-state index contributed by atoms with van der Waals surface area (Å²) in [5.41, 5.74) is 14.3. The average molecular weight is 473 g/mol. The second-order valence-corrected chi connectivity index (χ2v) is 10.3. The topological polar surface area (TPSA) is 0 Å². The Morgan fingerprint density at radius 3 is 1.86 bits per heavy atom. The first kappa shape index (κ1) is 25.7. The van der Waals surface area contributed by atoms with Crippen molar-refractivity contribution in [2.45, 2.75) is 65.7 Å². The molecule has 0 saturated carbocycles. The van der Waals surface area contributed by atoms with E-state index in [0.717, 1.165) is 36.8 Å². The van der Waals surface area contributed by atoms with Gasteiger partial charge in [0.2, 0.25) is 0 Å². The van der Waals surface area contributed by atoms with Crippen LogP contribution in [0.25, 0.3) is 16.7 Å². The van der Waals surface area contributed by atoms with E-state index in [1.54, 1.807) is 0 Å². The van der Waals surface area contributed by atoms with E-state index in [0.29, 0.717) is 0 Å². The summed E-state index contributed by atoms with van der Waals surface area (Å²) in [5.74, 6) is 0. The Kier molecular flexibility index (Phi) is 7.65. The Hall–Kier alpha value is -3.38. The van der Waals surface area contributed by atoms with Gasteiger partial charge in [-0.1, -0.05) is 112 Å². The Morgan fingerprint density at radius 2 is 1.28 bits per heavy atom. The van der Waals surface area contributed by atoms with Crippen molar-refractivity contribution in [3.63, 3.8) is 0 Å². The lowest BCUT2D eigenvalue weighted by atomic mass is 9.63. The maximum Gasteiger partial charge on any atom is 0.0203 e. The van der Waals surface area contributed by atoms with Crippen molar-refractivity contribution < 1.29 is 0 Å². The third kappa shape index (κ3) is 4.82. The molecule has 0 unspecified atom stereocenters. The molecule has 0 atom stereocenters. The van der Waals surface area contributed by atoms with Gasteiger partial charge < -0.3 is 0 Å². The minimum atomic E-state index is 0.00938. The second kappa shape index (κ2) is 10.7. The standard InChI is InChI=1S/C36H40/c1-8-25(4)20-26(5)30-16-18-32-22-33-19-17-31(24-35(33)36(9-2,10-3)34(32)23-30)28(7)21-27(6)29-14-12-11-13-15-29/h11-21,23-24H,5-6,8-10,22H2,1-4,7H3/b25-20+,28-21+. The van der Waals surface area contributed by atoms with Gasteiger partial charge in [0.15, 0.2) is 0 Å². The van der Waals surface area contributed by atoms with Crippen LogP contribution in [0.1, 0.15) is 92.8 Å². The zero-order valence-corrected chi connectivity index (χ0v) is 22.7. The minimum absolute atomic E-state index is 0.00938. The molecule has 0 fully saturated rings. The lowest BCUT2D eigenvalue weighted by Gasteiger charge is -2.41. The molecule has 0 heterocycles. The Labute approximate surface area is 218 Å². The predicted octanol–water partition coefficient (Wildman–Crippen LogP) is 10.2. The summed E-state index contributed by atoms with van der Waals surface area (Å²) >= 11 is 0. The van der Waals surface area contributed by atoms with Gasteiger partial charge >= 0.3 is 0 Å². The van der Waals surface area contributed by atoms with Gasteiger partial charge in [0.1, 0.15) is 0 Å². The third-order valence-electron chi connectivity index (χ3n) is 8.18. The highest BCUT2D eigenvalue weighted by atomic mass is 14.4. The summed E-state index contributed by atoms with van der Waals surface area (Å²) in [7, 11) is 0. The van der Waals surface area contributed by atoms with Gasteiger partial charge in [0, 0.05) is 5.41 Å². The van der Waals surface area contributed by atoms with Gasteiger partial charge in [0.05, 0.1) is 0 Å². The molecule has 0 aliphatic heterocycles. The van der Waals surface area contributed by atoms with Crippen LogP contribution in [0.4, 0.5) is 0 Å². The molecule has 184 valence electrons. The van der Waals surface area contributed by atoms with Crippen LogP contribution < -0.4 is 0 Å². The number of rotatable bonds is 8. The molecule has 3 aromatic rings. The molecular weight excluding hydrogens is 432 g/mol. The molecule has 36 heavy (non-hydrogen) atoms. The van der Waals surface area contributed by atoms with Gasteiger partial charge in [0.25, 0.3) is 0 Å². The van der Waals surface area contributed by atoms with Crippen LogP contribution in [-0.2, 0) is 11.8 Å². The fourth-order valence-electron chi connectivity index (χ4n) is 5.72. The van der Waals surface area contributed by atoms with Crippen LogP contribution in [0.2, 0.25) is 0 Å².